The first kappa shape index (κ1) is 105. The van der Waals surface area contributed by atoms with Crippen molar-refractivity contribution in [1.29, 1.82) is 0 Å². The van der Waals surface area contributed by atoms with E-state index in [9.17, 15) is 109 Å². The van der Waals surface area contributed by atoms with E-state index < -0.39 is 120 Å². The van der Waals surface area contributed by atoms with E-state index in [-0.39, 0.29) is 73.4 Å². The second-order valence-corrected chi connectivity index (χ2v) is 30.4. The number of esters is 1. The first-order chi connectivity index (χ1) is 59.2. The minimum atomic E-state index is -2.97. The summed E-state index contributed by atoms with van der Waals surface area (Å²) in [5.74, 6) is 0.861. The Labute approximate surface area is 706 Å². The number of Topliss-reactive ketones (excluding diaryl/α,β-unsaturated/α-hetero) is 2. The summed E-state index contributed by atoms with van der Waals surface area (Å²) in [6.07, 6.45) is 12.5. The molecule has 5 aliphatic carbocycles. The second kappa shape index (κ2) is 55.6. The number of halogens is 10. The Morgan fingerprint density at radius 1 is 0.452 bits per heavy atom. The van der Waals surface area contributed by atoms with Crippen molar-refractivity contribution in [3.05, 3.63) is 116 Å². The van der Waals surface area contributed by atoms with Gasteiger partial charge >= 0.3 is 40.6 Å². The first-order valence-corrected chi connectivity index (χ1v) is 41.2. The van der Waals surface area contributed by atoms with Crippen LogP contribution in [0.2, 0.25) is 0 Å². The van der Waals surface area contributed by atoms with E-state index in [1.165, 1.54) is 56.0 Å². The van der Waals surface area contributed by atoms with Crippen LogP contribution >= 0.6 is 0 Å². The highest BCUT2D eigenvalue weighted by Gasteiger charge is 2.37. The van der Waals surface area contributed by atoms with Crippen molar-refractivity contribution in [3.8, 4) is 0 Å². The highest BCUT2D eigenvalue weighted by molar-refractivity contribution is 6.20. The number of nitro groups is 5. The lowest BCUT2D eigenvalue weighted by Crippen LogP contribution is -2.22. The maximum absolute atomic E-state index is 12.8. The van der Waals surface area contributed by atoms with Crippen LogP contribution in [0.25, 0.3) is 5.53 Å². The van der Waals surface area contributed by atoms with Crippen molar-refractivity contribution in [3.63, 3.8) is 0 Å². The highest BCUT2D eigenvalue weighted by atomic mass is 19.3. The molecule has 7 aliphatic rings. The average Bonchev–Trinajstić information content (AvgIpc) is 1.70. The molecule has 0 bridgehead atoms. The van der Waals surface area contributed by atoms with E-state index in [1.807, 2.05) is 0 Å². The van der Waals surface area contributed by atoms with E-state index in [0.29, 0.717) is 115 Å². The zero-order valence-electron chi connectivity index (χ0n) is 69.5. The molecule has 5 saturated carbocycles. The van der Waals surface area contributed by atoms with E-state index >= 15 is 0 Å². The minimum absolute atomic E-state index is 0.00590. The zero-order chi connectivity index (χ0) is 91.5. The third-order valence-corrected chi connectivity index (χ3v) is 21.4. The number of hydrogen-bond donors (Lipinski definition) is 2. The molecule has 0 spiro atoms. The van der Waals surface area contributed by atoms with Crippen molar-refractivity contribution in [2.75, 3.05) is 85.9 Å². The average molecular weight is 1790 g/mol. The van der Waals surface area contributed by atoms with Crippen LogP contribution in [0.1, 0.15) is 279 Å². The van der Waals surface area contributed by atoms with Gasteiger partial charge in [-0.1, -0.05) is 6.92 Å². The van der Waals surface area contributed by atoms with Gasteiger partial charge in [0, 0.05) is 65.4 Å². The fourth-order valence-electron chi connectivity index (χ4n) is 14.8. The summed E-state index contributed by atoms with van der Waals surface area (Å²) in [5, 5.41) is 90.1. The number of nitrogens with zero attached hydrogens (tertiary/aromatic N) is 17. The predicted molar refractivity (Wildman–Crippen MR) is 419 cm³/mol. The molecule has 2 aliphatic heterocycles. The van der Waals surface area contributed by atoms with Gasteiger partial charge in [-0.2, -0.15) is 30.3 Å². The topological polar surface area (TPSA) is 488 Å². The van der Waals surface area contributed by atoms with E-state index in [2.05, 4.69) is 41.9 Å². The van der Waals surface area contributed by atoms with Gasteiger partial charge in [0.1, 0.15) is 43.4 Å². The molecule has 2 N–H and O–H groups in total. The molecule has 0 atom stereocenters. The van der Waals surface area contributed by atoms with Crippen LogP contribution in [0, 0.1) is 80.2 Å². The Balaban J connectivity index is 0.000000261. The molecule has 7 fully saturated rings. The van der Waals surface area contributed by atoms with Crippen molar-refractivity contribution < 1.29 is 126 Å². The fourth-order valence-corrected chi connectivity index (χ4v) is 14.8. The smallest absolute Gasteiger partial charge is 0.413 e. The number of hydrogen-bond acceptors (Lipinski definition) is 26. The summed E-state index contributed by atoms with van der Waals surface area (Å²) in [7, 11) is 0. The van der Waals surface area contributed by atoms with Gasteiger partial charge < -0.3 is 44.2 Å². The quantitative estimate of drug-likeness (QED) is 0.00608. The molecule has 124 heavy (non-hydrogen) atoms. The van der Waals surface area contributed by atoms with Crippen LogP contribution in [0.5, 0.6) is 0 Å². The van der Waals surface area contributed by atoms with Gasteiger partial charge in [0.15, 0.2) is 5.78 Å². The number of carbonyl (C=O) groups is 3. The molecule has 12 rings (SSSR count). The van der Waals surface area contributed by atoms with Crippen molar-refractivity contribution in [1.82, 2.24) is 48.9 Å². The lowest BCUT2D eigenvalue weighted by molar-refractivity contribution is -0.386. The maximum Gasteiger partial charge on any atom is 0.413 e. The lowest BCUT2D eigenvalue weighted by atomic mass is 9.84. The Hall–Kier alpha value is -9.74. The first-order valence-electron chi connectivity index (χ1n) is 41.2. The number of carbonyl (C=O) groups excluding carboxylic acids is 3. The Morgan fingerprint density at radius 3 is 0.919 bits per heavy atom. The minimum Gasteiger partial charge on any atom is -0.458 e. The number of aliphatic hydroxyl groups is 2. The van der Waals surface area contributed by atoms with Gasteiger partial charge in [0.25, 0.3) is 32.1 Å². The molecule has 5 aromatic rings. The zero-order valence-corrected chi connectivity index (χ0v) is 69.5. The molecule has 0 radical (unpaired) electrons. The van der Waals surface area contributed by atoms with Crippen molar-refractivity contribution >= 4 is 52.2 Å². The van der Waals surface area contributed by atoms with Gasteiger partial charge in [0.05, 0.1) is 74.6 Å². The maximum atomic E-state index is 12.8. The van der Waals surface area contributed by atoms with Crippen molar-refractivity contribution in [2.45, 2.75) is 251 Å². The molecule has 48 heteroatoms. The number of aliphatic hydroxyl groups excluding tert-OH is 2. The molecule has 0 aromatic carbocycles. The predicted octanol–water partition coefficient (Wildman–Crippen LogP) is 16.4. The Bertz CT molecular complexity index is 3990. The number of aromatic nitrogens is 10. The normalized spacial score (nSPS) is 21.6. The van der Waals surface area contributed by atoms with E-state index in [1.54, 1.807) is 13.8 Å². The molecule has 5 aromatic heterocycles. The molecular formula is C76H111F10N17O21. The van der Waals surface area contributed by atoms with Gasteiger partial charge in [-0.25, -0.2) is 48.7 Å². The number of rotatable bonds is 31. The van der Waals surface area contributed by atoms with Crippen LogP contribution in [0.15, 0.2) is 31.0 Å². The van der Waals surface area contributed by atoms with Crippen molar-refractivity contribution in [2.24, 2.45) is 29.6 Å². The summed E-state index contributed by atoms with van der Waals surface area (Å²) in [6, 6.07) is -0.523. The monoisotopic (exact) mass is 1790 g/mol. The number of alkyl halides is 10. The van der Waals surface area contributed by atoms with Gasteiger partial charge in [-0.15, -0.1) is 0 Å². The second-order valence-electron chi connectivity index (χ2n) is 30.4. The summed E-state index contributed by atoms with van der Waals surface area (Å²) in [5.41, 5.74) is 0.777. The molecule has 0 unspecified atom stereocenters. The third-order valence-electron chi connectivity index (χ3n) is 21.4. The van der Waals surface area contributed by atoms with Crippen LogP contribution in [0.4, 0.5) is 72.3 Å². The summed E-state index contributed by atoms with van der Waals surface area (Å²) >= 11 is 0. The van der Waals surface area contributed by atoms with Gasteiger partial charge in [-0.05, 0) is 205 Å². The molecule has 2 saturated heterocycles. The summed E-state index contributed by atoms with van der Waals surface area (Å²) in [4.78, 5) is 84.4. The Morgan fingerprint density at radius 2 is 0.718 bits per heavy atom. The number of ketones is 2. The van der Waals surface area contributed by atoms with Gasteiger partial charge in [0.2, 0.25) is 28.5 Å². The number of ether oxygens (including phenoxy) is 6. The highest BCUT2D eigenvalue weighted by Crippen LogP contribution is 2.42. The van der Waals surface area contributed by atoms with Crippen LogP contribution in [-0.4, -0.2) is 198 Å². The lowest BCUT2D eigenvalue weighted by Gasteiger charge is -2.28. The third kappa shape index (κ3) is 35.4. The largest absolute Gasteiger partial charge is 0.458 e. The van der Waals surface area contributed by atoms with E-state index in [0.717, 1.165) is 141 Å². The summed E-state index contributed by atoms with van der Waals surface area (Å²) in [6.45, 7) is 14.1. The fraction of sp³-hybridized carbons (Fsp3) is 0.750. The van der Waals surface area contributed by atoms with E-state index in [4.69, 9.17) is 39.4 Å². The van der Waals surface area contributed by atoms with Crippen LogP contribution < -0.4 is 0 Å². The Kier molecular flexibility index (Phi) is 47.0. The molecule has 38 nitrogen and oxygen atoms in total. The van der Waals surface area contributed by atoms with Gasteiger partial charge in [-0.3, -0.25) is 83.6 Å². The SMILES string of the molecule is C1CCOC1.C1CCOC1.CC(=O)C1CCC(n2cc([N+](=O)[O-])c(C(F)F)n2)CC1.CC(=O)COCC1CCC(n2cc([N+](=O)[O-])c(C(F)F)n2)CC1.CCCOCC1CCC(n2cc([N+](=O)[O-])c(C(F)F)n2)CC1.CCOC(=O)C=[N+]=[N-].O=[N+]([O-])c1cn(C2CCC(CO)CC2)nc1C(F)F.O=[N+]([O-])c1cn(C2CCC(COCCO)CC2)nc1C(F)F. The summed E-state index contributed by atoms with van der Waals surface area (Å²) < 4.78 is 164. The molecule has 0 amide bonds. The molecule has 7 heterocycles. The molecular weight excluding hydrogens is 1680 g/mol. The standard InChI is InChI=1S/C14H19F2N3O4.C14H21F2N3O3.C13H19F2N3O4.C12H15F2N3O3.C11H15F2N3O3.C4H6N2O2.2C4H8O/c1-9(20)7-23-8-10-2-4-11(5-3-10)18-6-12(19(21)22)13(17-18)14(15)16;1-2-7-22-9-10-3-5-11(6-4-10)18-8-12(19(20)21)13(17-18)14(15)16;14-13(15)12-11(18(20)21)7-17(16-12)10-3-1-9(2-4-10)8-22-6-5-19;1-7(18)8-2-4-9(5-3-8)16-6-10(17(19)20)11(15-16)12(13)14;12-11(13)10-9(16(18)19)5-15(14-10)8-3-1-7(6-17)2-4-8;1-2-8-4(7)3-6-5;2*1-2-4-5-3-1/h6,10-11,14H,2-5,7-8H2,1H3;8,10-11,14H,2-7,9H2,1H3;7,9-10,13,19H,1-6,8H2;6,8-9,12H,2-5H2,1H3;5,7-8,11,17H,1-4,6H2;3H,2H2,1H3;2*1-4H2. The van der Waals surface area contributed by atoms with Crippen LogP contribution in [0.3, 0.4) is 0 Å². The van der Waals surface area contributed by atoms with Crippen LogP contribution in [-0.2, 0) is 42.8 Å². The molecule has 696 valence electrons.